The molecule has 0 saturated carbocycles. The summed E-state index contributed by atoms with van der Waals surface area (Å²) in [5, 5.41) is 21.4. The van der Waals surface area contributed by atoms with Gasteiger partial charge >= 0.3 is 0 Å². The van der Waals surface area contributed by atoms with Gasteiger partial charge in [-0.2, -0.15) is 0 Å². The fourth-order valence-corrected chi connectivity index (χ4v) is 1.25. The second-order valence-electron chi connectivity index (χ2n) is 4.04. The third kappa shape index (κ3) is 3.99. The van der Waals surface area contributed by atoms with E-state index < -0.39 is 5.60 Å². The molecule has 15 heavy (non-hydrogen) atoms. The number of nitrogens with one attached hydrogen (secondary N) is 1. The topological polar surface area (TPSA) is 70.3 Å². The molecule has 0 amide bonds. The summed E-state index contributed by atoms with van der Waals surface area (Å²) in [5.41, 5.74) is -1.04. The molecule has 0 aliphatic rings. The molecule has 1 unspecified atom stereocenters. The molecule has 0 aromatic carbocycles. The van der Waals surface area contributed by atoms with E-state index in [2.05, 4.69) is 10.3 Å². The average molecular weight is 213 g/mol. The van der Waals surface area contributed by atoms with Crippen LogP contribution in [0, 0.1) is 0 Å². The van der Waals surface area contributed by atoms with Crippen molar-refractivity contribution < 1.29 is 10.2 Å². The lowest BCUT2D eigenvalue weighted by molar-refractivity contribution is 0.00296. The van der Waals surface area contributed by atoms with Crippen LogP contribution in [-0.2, 0) is 13.5 Å². The van der Waals surface area contributed by atoms with E-state index in [4.69, 9.17) is 5.11 Å². The smallest absolute Gasteiger partial charge is 0.109 e. The van der Waals surface area contributed by atoms with E-state index >= 15 is 0 Å². The summed E-state index contributed by atoms with van der Waals surface area (Å²) in [4.78, 5) is 4.18. The third-order valence-electron chi connectivity index (χ3n) is 2.29. The molecule has 0 fully saturated rings. The zero-order chi connectivity index (χ0) is 11.3. The number of nitrogens with zero attached hydrogens (tertiary/aromatic N) is 2. The van der Waals surface area contributed by atoms with Gasteiger partial charge in [-0.25, -0.2) is 4.98 Å². The van der Waals surface area contributed by atoms with Crippen LogP contribution in [0.4, 0.5) is 0 Å². The lowest BCUT2D eigenvalue weighted by atomic mass is 10.1. The largest absolute Gasteiger partial charge is 0.393 e. The van der Waals surface area contributed by atoms with Crippen molar-refractivity contribution in [2.24, 2.45) is 7.05 Å². The van der Waals surface area contributed by atoms with Crippen LogP contribution in [0.5, 0.6) is 0 Å². The van der Waals surface area contributed by atoms with Crippen LogP contribution in [0.2, 0.25) is 0 Å². The van der Waals surface area contributed by atoms with E-state index in [0.29, 0.717) is 6.54 Å². The van der Waals surface area contributed by atoms with Crippen LogP contribution >= 0.6 is 0 Å². The minimum Gasteiger partial charge on any atom is -0.393 e. The van der Waals surface area contributed by atoms with E-state index in [9.17, 15) is 5.11 Å². The highest BCUT2D eigenvalue weighted by molar-refractivity contribution is 4.91. The van der Waals surface area contributed by atoms with Gasteiger partial charge in [-0.1, -0.05) is 0 Å². The molecule has 1 heterocycles. The molecular weight excluding hydrogens is 194 g/mol. The van der Waals surface area contributed by atoms with Crippen molar-refractivity contribution in [2.75, 3.05) is 19.7 Å². The van der Waals surface area contributed by atoms with E-state index in [-0.39, 0.29) is 6.61 Å². The van der Waals surface area contributed by atoms with Gasteiger partial charge in [0.05, 0.1) is 12.2 Å². The van der Waals surface area contributed by atoms with Crippen LogP contribution in [0.1, 0.15) is 12.7 Å². The summed E-state index contributed by atoms with van der Waals surface area (Å²) in [6.07, 6.45) is 4.48. The molecule has 0 bridgehead atoms. The highest BCUT2D eigenvalue weighted by Crippen LogP contribution is 1.99. The van der Waals surface area contributed by atoms with Crippen LogP contribution in [0.15, 0.2) is 12.4 Å². The zero-order valence-corrected chi connectivity index (χ0v) is 9.27. The van der Waals surface area contributed by atoms with Gasteiger partial charge in [0.2, 0.25) is 0 Å². The molecule has 0 aliphatic heterocycles. The Morgan fingerprint density at radius 3 is 2.87 bits per heavy atom. The number of aryl methyl sites for hydroxylation is 1. The molecule has 5 nitrogen and oxygen atoms in total. The number of aliphatic hydroxyl groups excluding tert-OH is 1. The zero-order valence-electron chi connectivity index (χ0n) is 9.27. The van der Waals surface area contributed by atoms with Crippen molar-refractivity contribution in [1.82, 2.24) is 14.9 Å². The van der Waals surface area contributed by atoms with Gasteiger partial charge in [0.25, 0.3) is 0 Å². The number of aromatic nitrogens is 2. The summed E-state index contributed by atoms with van der Waals surface area (Å²) in [5.74, 6) is 1.01. The van der Waals surface area contributed by atoms with Crippen LogP contribution in [0.3, 0.4) is 0 Å². The Balaban J connectivity index is 2.20. The van der Waals surface area contributed by atoms with Gasteiger partial charge in [0.15, 0.2) is 0 Å². The van der Waals surface area contributed by atoms with Gasteiger partial charge < -0.3 is 20.1 Å². The molecule has 0 saturated heterocycles. The lowest BCUT2D eigenvalue weighted by Crippen LogP contribution is -2.41. The monoisotopic (exact) mass is 213 g/mol. The fraction of sp³-hybridized carbons (Fsp3) is 0.700. The number of rotatable bonds is 6. The minimum atomic E-state index is -1.04. The maximum Gasteiger partial charge on any atom is 0.109 e. The van der Waals surface area contributed by atoms with E-state index in [1.54, 1.807) is 13.1 Å². The molecule has 0 aliphatic carbocycles. The highest BCUT2D eigenvalue weighted by atomic mass is 16.3. The molecule has 1 aromatic heterocycles. The summed E-state index contributed by atoms with van der Waals surface area (Å²) in [7, 11) is 1.95. The molecule has 86 valence electrons. The number of aliphatic hydroxyl groups is 2. The van der Waals surface area contributed by atoms with E-state index in [1.165, 1.54) is 0 Å². The Labute approximate surface area is 89.8 Å². The Morgan fingerprint density at radius 2 is 2.33 bits per heavy atom. The second kappa shape index (κ2) is 5.25. The van der Waals surface area contributed by atoms with Crippen molar-refractivity contribution >= 4 is 0 Å². The van der Waals surface area contributed by atoms with Gasteiger partial charge in [0.1, 0.15) is 5.82 Å². The first kappa shape index (κ1) is 12.2. The summed E-state index contributed by atoms with van der Waals surface area (Å²) in [6, 6.07) is 0. The van der Waals surface area contributed by atoms with Crippen molar-refractivity contribution in [3.05, 3.63) is 18.2 Å². The quantitative estimate of drug-likeness (QED) is 0.546. The predicted octanol–water partition coefficient (Wildman–Crippen LogP) is -0.704. The molecule has 5 heteroatoms. The van der Waals surface area contributed by atoms with Gasteiger partial charge in [-0.05, 0) is 6.92 Å². The van der Waals surface area contributed by atoms with Crippen molar-refractivity contribution in [1.29, 1.82) is 0 Å². The van der Waals surface area contributed by atoms with E-state index in [1.807, 2.05) is 17.8 Å². The Kier molecular flexibility index (Phi) is 4.26. The maximum absolute atomic E-state index is 9.50. The van der Waals surface area contributed by atoms with Crippen molar-refractivity contribution in [3.63, 3.8) is 0 Å². The van der Waals surface area contributed by atoms with Gasteiger partial charge in [0, 0.05) is 39.0 Å². The summed E-state index contributed by atoms with van der Waals surface area (Å²) in [6.45, 7) is 2.48. The molecular formula is C10H19N3O2. The van der Waals surface area contributed by atoms with Crippen molar-refractivity contribution in [2.45, 2.75) is 18.9 Å². The SMILES string of the molecule is Cn1ccnc1CCNCC(C)(O)CO. The number of hydrogen-bond donors (Lipinski definition) is 3. The van der Waals surface area contributed by atoms with Gasteiger partial charge in [-0.3, -0.25) is 0 Å². The third-order valence-corrected chi connectivity index (χ3v) is 2.29. The van der Waals surface area contributed by atoms with Crippen molar-refractivity contribution in [3.8, 4) is 0 Å². The van der Waals surface area contributed by atoms with E-state index in [0.717, 1.165) is 18.8 Å². The lowest BCUT2D eigenvalue weighted by Gasteiger charge is -2.20. The summed E-state index contributed by atoms with van der Waals surface area (Å²) >= 11 is 0. The minimum absolute atomic E-state index is 0.234. The first-order valence-electron chi connectivity index (χ1n) is 5.05. The van der Waals surface area contributed by atoms with Crippen LogP contribution < -0.4 is 5.32 Å². The first-order chi connectivity index (χ1) is 7.05. The average Bonchev–Trinajstić information content (AvgIpc) is 2.59. The molecule has 0 spiro atoms. The molecule has 1 atom stereocenters. The summed E-state index contributed by atoms with van der Waals surface area (Å²) < 4.78 is 1.96. The second-order valence-corrected chi connectivity index (χ2v) is 4.04. The number of hydrogen-bond acceptors (Lipinski definition) is 4. The Morgan fingerprint density at radius 1 is 1.60 bits per heavy atom. The van der Waals surface area contributed by atoms with Crippen LogP contribution in [0.25, 0.3) is 0 Å². The fourth-order valence-electron chi connectivity index (χ4n) is 1.25. The standard InChI is InChI=1S/C10H19N3O2/c1-10(15,8-14)7-11-4-3-9-12-5-6-13(9)2/h5-6,11,14-15H,3-4,7-8H2,1-2H3. The number of imidazole rings is 1. The normalized spacial score (nSPS) is 15.2. The highest BCUT2D eigenvalue weighted by Gasteiger charge is 2.17. The predicted molar refractivity (Wildman–Crippen MR) is 57.5 cm³/mol. The van der Waals surface area contributed by atoms with Gasteiger partial charge in [-0.15, -0.1) is 0 Å². The Hall–Kier alpha value is -0.910. The maximum atomic E-state index is 9.50. The molecule has 1 rings (SSSR count). The Bertz CT molecular complexity index is 297. The molecule has 1 aromatic rings. The molecule has 3 N–H and O–H groups in total. The van der Waals surface area contributed by atoms with Crippen LogP contribution in [-0.4, -0.2) is 45.1 Å². The molecule has 0 radical (unpaired) electrons. The first-order valence-corrected chi connectivity index (χ1v) is 5.05.